The van der Waals surface area contributed by atoms with Gasteiger partial charge in [-0.3, -0.25) is 0 Å². The first kappa shape index (κ1) is 15.4. The Bertz CT molecular complexity index is 560. The Balaban J connectivity index is 1.96. The first-order valence-electron chi connectivity index (χ1n) is 7.47. The molecule has 0 fully saturated rings. The maximum Gasteiger partial charge on any atom is 0.0400 e. The summed E-state index contributed by atoms with van der Waals surface area (Å²) in [5, 5.41) is 3.47. The average Bonchev–Trinajstić information content (AvgIpc) is 2.45. The van der Waals surface area contributed by atoms with Crippen molar-refractivity contribution in [1.29, 1.82) is 0 Å². The van der Waals surface area contributed by atoms with Crippen LogP contribution in [0.5, 0.6) is 0 Å². The minimum Gasteiger partial charge on any atom is -0.381 e. The molecular formula is C19H26N2. The summed E-state index contributed by atoms with van der Waals surface area (Å²) < 4.78 is 0. The summed E-state index contributed by atoms with van der Waals surface area (Å²) in [6, 6.07) is 17.4. The zero-order valence-electron chi connectivity index (χ0n) is 13.8. The third-order valence-corrected chi connectivity index (χ3v) is 3.70. The van der Waals surface area contributed by atoms with Crippen molar-refractivity contribution in [2.75, 3.05) is 24.3 Å². The third-order valence-electron chi connectivity index (χ3n) is 3.70. The van der Waals surface area contributed by atoms with Gasteiger partial charge < -0.3 is 10.2 Å². The second-order valence-corrected chi connectivity index (χ2v) is 6.74. The molecule has 0 aliphatic carbocycles. The van der Waals surface area contributed by atoms with Crippen molar-refractivity contribution in [2.45, 2.75) is 32.7 Å². The van der Waals surface area contributed by atoms with Crippen LogP contribution in [0.3, 0.4) is 0 Å². The Hall–Kier alpha value is -1.96. The summed E-state index contributed by atoms with van der Waals surface area (Å²) >= 11 is 0. The molecule has 2 nitrogen and oxygen atoms in total. The van der Waals surface area contributed by atoms with Crippen molar-refractivity contribution in [3.8, 4) is 0 Å². The Labute approximate surface area is 128 Å². The van der Waals surface area contributed by atoms with E-state index in [1.54, 1.807) is 0 Å². The SMILES string of the molecule is CN(C)c1ccc(CNc2ccc(C(C)(C)C)cc2)cc1. The molecule has 2 aromatic carbocycles. The van der Waals surface area contributed by atoms with Crippen LogP contribution in [0.25, 0.3) is 0 Å². The van der Waals surface area contributed by atoms with Gasteiger partial charge in [0.05, 0.1) is 0 Å². The molecule has 0 bridgehead atoms. The van der Waals surface area contributed by atoms with Crippen LogP contribution in [-0.2, 0) is 12.0 Å². The number of anilines is 2. The van der Waals surface area contributed by atoms with E-state index in [4.69, 9.17) is 0 Å². The first-order valence-corrected chi connectivity index (χ1v) is 7.47. The molecular weight excluding hydrogens is 256 g/mol. The van der Waals surface area contributed by atoms with Crippen molar-refractivity contribution >= 4 is 11.4 Å². The molecule has 0 radical (unpaired) electrons. The Morgan fingerprint density at radius 1 is 0.857 bits per heavy atom. The number of benzene rings is 2. The van der Waals surface area contributed by atoms with Crippen molar-refractivity contribution in [3.63, 3.8) is 0 Å². The summed E-state index contributed by atoms with van der Waals surface area (Å²) in [7, 11) is 4.12. The third kappa shape index (κ3) is 4.25. The molecule has 2 aromatic rings. The van der Waals surface area contributed by atoms with E-state index in [0.717, 1.165) is 6.54 Å². The molecule has 0 saturated heterocycles. The van der Waals surface area contributed by atoms with Gasteiger partial charge in [0.15, 0.2) is 0 Å². The number of rotatable bonds is 4. The summed E-state index contributed by atoms with van der Waals surface area (Å²) in [6.45, 7) is 7.56. The van der Waals surface area contributed by atoms with Gasteiger partial charge in [0, 0.05) is 32.0 Å². The van der Waals surface area contributed by atoms with Crippen molar-refractivity contribution in [1.82, 2.24) is 0 Å². The highest BCUT2D eigenvalue weighted by molar-refractivity contribution is 5.48. The van der Waals surface area contributed by atoms with Crippen molar-refractivity contribution in [3.05, 3.63) is 59.7 Å². The quantitative estimate of drug-likeness (QED) is 0.877. The van der Waals surface area contributed by atoms with Crippen LogP contribution in [-0.4, -0.2) is 14.1 Å². The molecule has 0 spiro atoms. The molecule has 21 heavy (non-hydrogen) atoms. The average molecular weight is 282 g/mol. The Morgan fingerprint density at radius 2 is 1.43 bits per heavy atom. The van der Waals surface area contributed by atoms with Crippen LogP contribution in [0, 0.1) is 0 Å². The van der Waals surface area contributed by atoms with Crippen LogP contribution in [0.2, 0.25) is 0 Å². The second kappa shape index (κ2) is 6.21. The van der Waals surface area contributed by atoms with Crippen LogP contribution < -0.4 is 10.2 Å². The topological polar surface area (TPSA) is 15.3 Å². The highest BCUT2D eigenvalue weighted by Gasteiger charge is 2.12. The Kier molecular flexibility index (Phi) is 4.56. The maximum absolute atomic E-state index is 3.47. The van der Waals surface area contributed by atoms with E-state index in [1.807, 2.05) is 0 Å². The minimum atomic E-state index is 0.209. The van der Waals surface area contributed by atoms with Crippen LogP contribution in [0.1, 0.15) is 31.9 Å². The number of hydrogen-bond acceptors (Lipinski definition) is 2. The first-order chi connectivity index (χ1) is 9.86. The van der Waals surface area contributed by atoms with Gasteiger partial charge in [0.1, 0.15) is 0 Å². The van der Waals surface area contributed by atoms with Crippen LogP contribution in [0.15, 0.2) is 48.5 Å². The van der Waals surface area contributed by atoms with Crippen LogP contribution in [0.4, 0.5) is 11.4 Å². The largest absolute Gasteiger partial charge is 0.381 e. The lowest BCUT2D eigenvalue weighted by atomic mass is 9.87. The van der Waals surface area contributed by atoms with Gasteiger partial charge in [-0.1, -0.05) is 45.0 Å². The van der Waals surface area contributed by atoms with Gasteiger partial charge in [-0.25, -0.2) is 0 Å². The molecule has 112 valence electrons. The molecule has 0 aliphatic heterocycles. The summed E-state index contributed by atoms with van der Waals surface area (Å²) in [5.74, 6) is 0. The fraction of sp³-hybridized carbons (Fsp3) is 0.368. The molecule has 0 saturated carbocycles. The lowest BCUT2D eigenvalue weighted by Gasteiger charge is -2.19. The van der Waals surface area contributed by atoms with Crippen molar-refractivity contribution < 1.29 is 0 Å². The van der Waals surface area contributed by atoms with E-state index < -0.39 is 0 Å². The Morgan fingerprint density at radius 3 is 1.90 bits per heavy atom. The van der Waals surface area contributed by atoms with Gasteiger partial charge in [-0.05, 0) is 40.8 Å². The lowest BCUT2D eigenvalue weighted by molar-refractivity contribution is 0.590. The fourth-order valence-corrected chi connectivity index (χ4v) is 2.20. The van der Waals surface area contributed by atoms with E-state index in [-0.39, 0.29) is 5.41 Å². The maximum atomic E-state index is 3.47. The molecule has 0 aliphatic rings. The molecule has 1 N–H and O–H groups in total. The minimum absolute atomic E-state index is 0.209. The van der Waals surface area contributed by atoms with E-state index in [0.29, 0.717) is 0 Å². The van der Waals surface area contributed by atoms with Gasteiger partial charge in [-0.15, -0.1) is 0 Å². The fourth-order valence-electron chi connectivity index (χ4n) is 2.20. The van der Waals surface area contributed by atoms with Gasteiger partial charge in [0.25, 0.3) is 0 Å². The highest BCUT2D eigenvalue weighted by Crippen LogP contribution is 2.23. The molecule has 0 heterocycles. The molecule has 0 unspecified atom stereocenters. The predicted octanol–water partition coefficient (Wildman–Crippen LogP) is 4.66. The zero-order chi connectivity index (χ0) is 15.5. The van der Waals surface area contributed by atoms with Crippen LogP contribution >= 0.6 is 0 Å². The molecule has 0 aromatic heterocycles. The standard InChI is InChI=1S/C19H26N2/c1-19(2,3)16-8-10-17(11-9-16)20-14-15-6-12-18(13-7-15)21(4)5/h6-13,20H,14H2,1-5H3. The highest BCUT2D eigenvalue weighted by atomic mass is 15.1. The number of hydrogen-bond donors (Lipinski definition) is 1. The monoisotopic (exact) mass is 282 g/mol. The summed E-state index contributed by atoms with van der Waals surface area (Å²) in [6.07, 6.45) is 0. The lowest BCUT2D eigenvalue weighted by Crippen LogP contribution is -2.11. The number of nitrogens with zero attached hydrogens (tertiary/aromatic N) is 1. The van der Waals surface area contributed by atoms with Crippen molar-refractivity contribution in [2.24, 2.45) is 0 Å². The predicted molar refractivity (Wildman–Crippen MR) is 93.2 cm³/mol. The second-order valence-electron chi connectivity index (χ2n) is 6.74. The van der Waals surface area contributed by atoms with Gasteiger partial charge >= 0.3 is 0 Å². The number of nitrogens with one attached hydrogen (secondary N) is 1. The molecule has 2 rings (SSSR count). The van der Waals surface area contributed by atoms with Gasteiger partial charge in [0.2, 0.25) is 0 Å². The summed E-state index contributed by atoms with van der Waals surface area (Å²) in [4.78, 5) is 2.11. The smallest absolute Gasteiger partial charge is 0.0400 e. The molecule has 0 atom stereocenters. The zero-order valence-corrected chi connectivity index (χ0v) is 13.8. The van der Waals surface area contributed by atoms with E-state index in [9.17, 15) is 0 Å². The molecule has 0 amide bonds. The normalized spacial score (nSPS) is 11.3. The molecule has 2 heteroatoms. The van der Waals surface area contributed by atoms with E-state index in [1.165, 1.54) is 22.5 Å². The van der Waals surface area contributed by atoms with Gasteiger partial charge in [-0.2, -0.15) is 0 Å². The summed E-state index contributed by atoms with van der Waals surface area (Å²) in [5.41, 5.74) is 5.26. The van der Waals surface area contributed by atoms with E-state index >= 15 is 0 Å². The van der Waals surface area contributed by atoms with E-state index in [2.05, 4.69) is 93.6 Å².